The average molecular weight is 332 g/mol. The minimum absolute atomic E-state index is 0.606. The first-order chi connectivity index (χ1) is 9.99. The van der Waals surface area contributed by atoms with Crippen molar-refractivity contribution in [1.29, 1.82) is 0 Å². The Labute approximate surface area is 132 Å². The summed E-state index contributed by atoms with van der Waals surface area (Å²) in [6.45, 7) is 7.94. The zero-order chi connectivity index (χ0) is 15.3. The topological polar surface area (TPSA) is 52.6 Å². The largest absolute Gasteiger partial charge is 0.312 e. The van der Waals surface area contributed by atoms with Crippen LogP contribution in [0.15, 0.2) is 12.1 Å². The molecule has 1 saturated heterocycles. The Morgan fingerprint density at radius 1 is 1.19 bits per heavy atom. The monoisotopic (exact) mass is 331 g/mol. The van der Waals surface area contributed by atoms with Gasteiger partial charge in [-0.05, 0) is 25.1 Å². The van der Waals surface area contributed by atoms with Crippen molar-refractivity contribution in [3.8, 4) is 0 Å². The second-order valence-electron chi connectivity index (χ2n) is 5.48. The smallest absolute Gasteiger partial charge is 0.211 e. The first-order valence-corrected chi connectivity index (χ1v) is 10.1. The lowest BCUT2D eigenvalue weighted by Gasteiger charge is -2.32. The molecule has 1 aromatic rings. The Hall–Kier alpha value is -0.470. The van der Waals surface area contributed by atoms with Crippen molar-refractivity contribution in [1.82, 2.24) is 14.5 Å². The van der Waals surface area contributed by atoms with Crippen LogP contribution < -0.4 is 5.32 Å². The van der Waals surface area contributed by atoms with Gasteiger partial charge in [0.05, 0.1) is 6.26 Å². The molecule has 0 aromatic carbocycles. The summed E-state index contributed by atoms with van der Waals surface area (Å²) in [5.74, 6) is 0. The first-order valence-electron chi connectivity index (χ1n) is 7.45. The van der Waals surface area contributed by atoms with E-state index < -0.39 is 10.0 Å². The van der Waals surface area contributed by atoms with Crippen molar-refractivity contribution in [3.63, 3.8) is 0 Å². The third-order valence-electron chi connectivity index (χ3n) is 3.62. The van der Waals surface area contributed by atoms with E-state index >= 15 is 0 Å². The maximum atomic E-state index is 11.5. The summed E-state index contributed by atoms with van der Waals surface area (Å²) >= 11 is 1.85. The van der Waals surface area contributed by atoms with Gasteiger partial charge in [-0.1, -0.05) is 6.92 Å². The van der Waals surface area contributed by atoms with Crippen LogP contribution in [-0.2, 0) is 23.1 Å². The van der Waals surface area contributed by atoms with Crippen LogP contribution in [0.4, 0.5) is 0 Å². The van der Waals surface area contributed by atoms with Crippen LogP contribution >= 0.6 is 11.3 Å². The summed E-state index contributed by atoms with van der Waals surface area (Å²) < 4.78 is 24.5. The highest BCUT2D eigenvalue weighted by Gasteiger charge is 2.23. The van der Waals surface area contributed by atoms with Gasteiger partial charge in [0.2, 0.25) is 10.0 Å². The van der Waals surface area contributed by atoms with Crippen molar-refractivity contribution < 1.29 is 8.42 Å². The molecule has 5 nitrogen and oxygen atoms in total. The van der Waals surface area contributed by atoms with Gasteiger partial charge < -0.3 is 5.32 Å². The van der Waals surface area contributed by atoms with E-state index in [0.717, 1.165) is 39.1 Å². The predicted octanol–water partition coefficient (Wildman–Crippen LogP) is 1.32. The quantitative estimate of drug-likeness (QED) is 0.766. The predicted molar refractivity (Wildman–Crippen MR) is 88.0 cm³/mol. The number of piperazine rings is 1. The van der Waals surface area contributed by atoms with Gasteiger partial charge in [0.15, 0.2) is 0 Å². The molecule has 0 bridgehead atoms. The molecule has 2 heterocycles. The zero-order valence-electron chi connectivity index (χ0n) is 12.8. The van der Waals surface area contributed by atoms with Gasteiger partial charge >= 0.3 is 0 Å². The summed E-state index contributed by atoms with van der Waals surface area (Å²) in [4.78, 5) is 5.06. The van der Waals surface area contributed by atoms with E-state index in [1.807, 2.05) is 11.3 Å². The summed E-state index contributed by atoms with van der Waals surface area (Å²) in [6.07, 6.45) is 2.44. The normalized spacial score (nSPS) is 18.2. The van der Waals surface area contributed by atoms with E-state index in [0.29, 0.717) is 13.1 Å². The van der Waals surface area contributed by atoms with Gasteiger partial charge in [-0.15, -0.1) is 11.3 Å². The van der Waals surface area contributed by atoms with Crippen molar-refractivity contribution in [3.05, 3.63) is 21.9 Å². The molecule has 21 heavy (non-hydrogen) atoms. The highest BCUT2D eigenvalue weighted by molar-refractivity contribution is 7.88. The van der Waals surface area contributed by atoms with Crippen molar-refractivity contribution in [2.24, 2.45) is 0 Å². The molecule has 7 heteroatoms. The first kappa shape index (κ1) is 16.9. The zero-order valence-corrected chi connectivity index (χ0v) is 14.5. The number of nitrogens with zero attached hydrogens (tertiary/aromatic N) is 2. The molecule has 0 radical (unpaired) electrons. The maximum Gasteiger partial charge on any atom is 0.211 e. The minimum atomic E-state index is -3.03. The molecule has 0 unspecified atom stereocenters. The fourth-order valence-corrected chi connectivity index (χ4v) is 4.29. The molecule has 1 aromatic heterocycles. The van der Waals surface area contributed by atoms with E-state index in [4.69, 9.17) is 0 Å². The van der Waals surface area contributed by atoms with Gasteiger partial charge in [0, 0.05) is 49.0 Å². The van der Waals surface area contributed by atoms with Gasteiger partial charge in [-0.2, -0.15) is 4.31 Å². The summed E-state index contributed by atoms with van der Waals surface area (Å²) in [6, 6.07) is 4.38. The van der Waals surface area contributed by atoms with Gasteiger partial charge in [-0.3, -0.25) is 4.90 Å². The van der Waals surface area contributed by atoms with Crippen LogP contribution in [0.25, 0.3) is 0 Å². The summed E-state index contributed by atoms with van der Waals surface area (Å²) in [5.41, 5.74) is 0. The minimum Gasteiger partial charge on any atom is -0.312 e. The third-order valence-corrected chi connectivity index (χ3v) is 6.00. The highest BCUT2D eigenvalue weighted by Crippen LogP contribution is 2.19. The van der Waals surface area contributed by atoms with Gasteiger partial charge in [0.25, 0.3) is 0 Å². The van der Waals surface area contributed by atoms with Crippen LogP contribution in [-0.4, -0.2) is 56.6 Å². The van der Waals surface area contributed by atoms with Gasteiger partial charge in [-0.25, -0.2) is 8.42 Å². The molecule has 0 atom stereocenters. The lowest BCUT2D eigenvalue weighted by Crippen LogP contribution is -2.47. The fraction of sp³-hybridized carbons (Fsp3) is 0.714. The molecule has 120 valence electrons. The lowest BCUT2D eigenvalue weighted by molar-refractivity contribution is 0.183. The van der Waals surface area contributed by atoms with Crippen LogP contribution in [0, 0.1) is 0 Å². The lowest BCUT2D eigenvalue weighted by atomic mass is 10.3. The number of rotatable bonds is 7. The van der Waals surface area contributed by atoms with E-state index in [2.05, 4.69) is 29.3 Å². The van der Waals surface area contributed by atoms with E-state index in [1.165, 1.54) is 16.0 Å². The van der Waals surface area contributed by atoms with Crippen LogP contribution in [0.5, 0.6) is 0 Å². The van der Waals surface area contributed by atoms with Crippen LogP contribution in [0.3, 0.4) is 0 Å². The van der Waals surface area contributed by atoms with E-state index in [9.17, 15) is 8.42 Å². The molecule has 1 aliphatic heterocycles. The number of thiophene rings is 1. The third kappa shape index (κ3) is 5.34. The van der Waals surface area contributed by atoms with E-state index in [1.54, 1.807) is 4.31 Å². The Morgan fingerprint density at radius 3 is 2.48 bits per heavy atom. The second kappa shape index (κ2) is 7.69. The Balaban J connectivity index is 1.78. The summed E-state index contributed by atoms with van der Waals surface area (Å²) in [7, 11) is -3.03. The molecule has 0 saturated carbocycles. The Kier molecular flexibility index (Phi) is 6.19. The molecular weight excluding hydrogens is 306 g/mol. The van der Waals surface area contributed by atoms with Crippen molar-refractivity contribution in [2.75, 3.05) is 39.0 Å². The number of nitrogens with one attached hydrogen (secondary N) is 1. The molecule has 1 aliphatic rings. The van der Waals surface area contributed by atoms with E-state index in [-0.39, 0.29) is 0 Å². The molecule has 1 N–H and O–H groups in total. The van der Waals surface area contributed by atoms with Crippen molar-refractivity contribution >= 4 is 21.4 Å². The molecule has 0 spiro atoms. The molecule has 0 amide bonds. The fourth-order valence-electron chi connectivity index (χ4n) is 2.43. The molecule has 0 aliphatic carbocycles. The average Bonchev–Trinajstić information content (AvgIpc) is 2.86. The summed E-state index contributed by atoms with van der Waals surface area (Å²) in [5, 5.41) is 3.41. The highest BCUT2D eigenvalue weighted by atomic mass is 32.2. The Bertz CT molecular complexity index is 534. The van der Waals surface area contributed by atoms with Crippen molar-refractivity contribution in [2.45, 2.75) is 26.4 Å². The number of hydrogen-bond donors (Lipinski definition) is 1. The standard InChI is InChI=1S/C14H25N3O2S2/c1-3-6-15-11-13-4-5-14(20-13)12-16-7-9-17(10-8-16)21(2,18)19/h4-5,15H,3,6-12H2,1-2H3. The van der Waals surface area contributed by atoms with Gasteiger partial charge in [0.1, 0.15) is 0 Å². The number of hydrogen-bond acceptors (Lipinski definition) is 5. The Morgan fingerprint density at radius 2 is 1.86 bits per heavy atom. The van der Waals surface area contributed by atoms with Crippen LogP contribution in [0.2, 0.25) is 0 Å². The second-order valence-corrected chi connectivity index (χ2v) is 8.72. The SMILES string of the molecule is CCCNCc1ccc(CN2CCN(S(C)(=O)=O)CC2)s1. The molecule has 1 fully saturated rings. The molecular formula is C14H25N3O2S2. The number of sulfonamides is 1. The molecule has 2 rings (SSSR count). The maximum absolute atomic E-state index is 11.5. The van der Waals surface area contributed by atoms with Crippen LogP contribution in [0.1, 0.15) is 23.1 Å².